The monoisotopic (exact) mass is 225 g/mol. The standard InChI is InChI=1S/C13H27N3/c1-4-11-6-5-7-12(8-11)16(3)9-10(2)13(14)15/h10-12H,4-9H2,1-3H3,(H3,14,15). The van der Waals surface area contributed by atoms with Crippen LogP contribution in [-0.2, 0) is 0 Å². The maximum absolute atomic E-state index is 7.43. The van der Waals surface area contributed by atoms with Crippen molar-refractivity contribution in [3.63, 3.8) is 0 Å². The van der Waals surface area contributed by atoms with Crippen LogP contribution in [-0.4, -0.2) is 30.4 Å². The first-order valence-electron chi connectivity index (χ1n) is 6.58. The summed E-state index contributed by atoms with van der Waals surface area (Å²) in [6.07, 6.45) is 6.73. The van der Waals surface area contributed by atoms with Gasteiger partial charge in [0.05, 0.1) is 5.84 Å². The predicted octanol–water partition coefficient (Wildman–Crippen LogP) is 2.46. The molecule has 3 unspecified atom stereocenters. The van der Waals surface area contributed by atoms with E-state index in [1.165, 1.54) is 32.1 Å². The fraction of sp³-hybridized carbons (Fsp3) is 0.923. The highest BCUT2D eigenvalue weighted by molar-refractivity contribution is 5.79. The SMILES string of the molecule is CCC1CCCC(N(C)CC(C)C(=N)N)C1. The molecule has 3 atom stereocenters. The van der Waals surface area contributed by atoms with Gasteiger partial charge in [0.2, 0.25) is 0 Å². The van der Waals surface area contributed by atoms with Crippen LogP contribution in [0.2, 0.25) is 0 Å². The van der Waals surface area contributed by atoms with Gasteiger partial charge in [-0.1, -0.05) is 33.1 Å². The van der Waals surface area contributed by atoms with E-state index in [0.717, 1.165) is 12.5 Å². The maximum Gasteiger partial charge on any atom is 0.0947 e. The Morgan fingerprint density at radius 3 is 2.75 bits per heavy atom. The predicted molar refractivity (Wildman–Crippen MR) is 69.7 cm³/mol. The lowest BCUT2D eigenvalue weighted by molar-refractivity contribution is 0.149. The van der Waals surface area contributed by atoms with Gasteiger partial charge in [-0.3, -0.25) is 5.41 Å². The van der Waals surface area contributed by atoms with E-state index >= 15 is 0 Å². The van der Waals surface area contributed by atoms with Crippen LogP contribution < -0.4 is 5.73 Å². The largest absolute Gasteiger partial charge is 0.387 e. The molecule has 3 nitrogen and oxygen atoms in total. The van der Waals surface area contributed by atoms with Gasteiger partial charge in [-0.15, -0.1) is 0 Å². The summed E-state index contributed by atoms with van der Waals surface area (Å²) in [4.78, 5) is 2.41. The first-order chi connectivity index (χ1) is 7.54. The third-order valence-electron chi connectivity index (χ3n) is 4.05. The summed E-state index contributed by atoms with van der Waals surface area (Å²) in [5.41, 5.74) is 5.52. The summed E-state index contributed by atoms with van der Waals surface area (Å²) in [6.45, 7) is 5.26. The molecule has 0 aromatic heterocycles. The molecule has 0 aliphatic heterocycles. The van der Waals surface area contributed by atoms with E-state index < -0.39 is 0 Å². The van der Waals surface area contributed by atoms with E-state index in [1.54, 1.807) is 0 Å². The van der Waals surface area contributed by atoms with E-state index in [9.17, 15) is 0 Å². The number of amidine groups is 1. The minimum absolute atomic E-state index is 0.187. The van der Waals surface area contributed by atoms with Crippen molar-refractivity contribution < 1.29 is 0 Å². The van der Waals surface area contributed by atoms with Gasteiger partial charge in [-0.05, 0) is 25.8 Å². The van der Waals surface area contributed by atoms with Crippen molar-refractivity contribution in [2.45, 2.75) is 52.0 Å². The van der Waals surface area contributed by atoms with Gasteiger partial charge in [0.1, 0.15) is 0 Å². The van der Waals surface area contributed by atoms with Crippen molar-refractivity contribution in [2.75, 3.05) is 13.6 Å². The number of nitrogens with two attached hydrogens (primary N) is 1. The molecule has 1 rings (SSSR count). The second kappa shape index (κ2) is 6.24. The molecule has 1 aliphatic carbocycles. The van der Waals surface area contributed by atoms with Crippen LogP contribution in [0, 0.1) is 17.2 Å². The second-order valence-corrected chi connectivity index (χ2v) is 5.39. The molecule has 16 heavy (non-hydrogen) atoms. The van der Waals surface area contributed by atoms with E-state index in [-0.39, 0.29) is 5.92 Å². The lowest BCUT2D eigenvalue weighted by Gasteiger charge is -2.36. The molecule has 3 heteroatoms. The van der Waals surface area contributed by atoms with Gasteiger partial charge in [-0.2, -0.15) is 0 Å². The van der Waals surface area contributed by atoms with Crippen LogP contribution in [0.5, 0.6) is 0 Å². The first kappa shape index (κ1) is 13.5. The van der Waals surface area contributed by atoms with Crippen LogP contribution in [0.25, 0.3) is 0 Å². The van der Waals surface area contributed by atoms with Gasteiger partial charge in [-0.25, -0.2) is 0 Å². The third-order valence-corrected chi connectivity index (χ3v) is 4.05. The number of hydrogen-bond acceptors (Lipinski definition) is 2. The van der Waals surface area contributed by atoms with Gasteiger partial charge in [0, 0.05) is 18.5 Å². The molecule has 0 bridgehead atoms. The molecule has 0 heterocycles. The molecule has 1 saturated carbocycles. The summed E-state index contributed by atoms with van der Waals surface area (Å²) in [6, 6.07) is 0.709. The zero-order valence-electron chi connectivity index (χ0n) is 11.0. The number of nitrogens with zero attached hydrogens (tertiary/aromatic N) is 1. The summed E-state index contributed by atoms with van der Waals surface area (Å²) < 4.78 is 0. The third kappa shape index (κ3) is 3.78. The van der Waals surface area contributed by atoms with Gasteiger partial charge >= 0.3 is 0 Å². The number of nitrogens with one attached hydrogen (secondary N) is 1. The van der Waals surface area contributed by atoms with E-state index in [1.807, 2.05) is 6.92 Å². The topological polar surface area (TPSA) is 53.1 Å². The molecule has 0 aromatic carbocycles. The van der Waals surface area contributed by atoms with Gasteiger partial charge < -0.3 is 10.6 Å². The van der Waals surface area contributed by atoms with Crippen LogP contribution in [0.4, 0.5) is 0 Å². The Morgan fingerprint density at radius 1 is 1.50 bits per heavy atom. The second-order valence-electron chi connectivity index (χ2n) is 5.39. The zero-order chi connectivity index (χ0) is 12.1. The van der Waals surface area contributed by atoms with Crippen molar-refractivity contribution in [3.8, 4) is 0 Å². The van der Waals surface area contributed by atoms with Crippen LogP contribution >= 0.6 is 0 Å². The van der Waals surface area contributed by atoms with Crippen molar-refractivity contribution in [1.29, 1.82) is 5.41 Å². The van der Waals surface area contributed by atoms with E-state index in [4.69, 9.17) is 11.1 Å². The average molecular weight is 225 g/mol. The van der Waals surface area contributed by atoms with Gasteiger partial charge in [0.15, 0.2) is 0 Å². The highest BCUT2D eigenvalue weighted by Gasteiger charge is 2.24. The molecule has 0 spiro atoms. The summed E-state index contributed by atoms with van der Waals surface area (Å²) >= 11 is 0. The molecule has 94 valence electrons. The Bertz CT molecular complexity index is 227. The Labute approximate surface area is 99.9 Å². The average Bonchev–Trinajstić information content (AvgIpc) is 2.28. The van der Waals surface area contributed by atoms with E-state index in [2.05, 4.69) is 18.9 Å². The first-order valence-corrected chi connectivity index (χ1v) is 6.58. The quantitative estimate of drug-likeness (QED) is 0.558. The highest BCUT2D eigenvalue weighted by atomic mass is 15.1. The molecular formula is C13H27N3. The molecule has 1 aliphatic rings. The van der Waals surface area contributed by atoms with Crippen molar-refractivity contribution >= 4 is 5.84 Å². The van der Waals surface area contributed by atoms with Crippen LogP contribution in [0.15, 0.2) is 0 Å². The maximum atomic E-state index is 7.43. The number of rotatable bonds is 5. The molecule has 0 amide bonds. The fourth-order valence-corrected chi connectivity index (χ4v) is 2.71. The highest BCUT2D eigenvalue weighted by Crippen LogP contribution is 2.29. The van der Waals surface area contributed by atoms with E-state index in [0.29, 0.717) is 11.9 Å². The molecule has 3 N–H and O–H groups in total. The lowest BCUT2D eigenvalue weighted by Crippen LogP contribution is -2.40. The lowest BCUT2D eigenvalue weighted by atomic mass is 9.83. The Balaban J connectivity index is 2.40. The molecule has 1 fully saturated rings. The smallest absolute Gasteiger partial charge is 0.0947 e. The minimum atomic E-state index is 0.187. The summed E-state index contributed by atoms with van der Waals surface area (Å²) in [5, 5.41) is 7.43. The summed E-state index contributed by atoms with van der Waals surface area (Å²) in [7, 11) is 2.18. The van der Waals surface area contributed by atoms with Crippen molar-refractivity contribution in [2.24, 2.45) is 17.6 Å². The summed E-state index contributed by atoms with van der Waals surface area (Å²) in [5.74, 6) is 1.41. The van der Waals surface area contributed by atoms with Crippen LogP contribution in [0.3, 0.4) is 0 Å². The number of hydrogen-bond donors (Lipinski definition) is 2. The van der Waals surface area contributed by atoms with Gasteiger partial charge in [0.25, 0.3) is 0 Å². The molecule has 0 aromatic rings. The Hall–Kier alpha value is -0.570. The van der Waals surface area contributed by atoms with Crippen molar-refractivity contribution in [3.05, 3.63) is 0 Å². The zero-order valence-corrected chi connectivity index (χ0v) is 11.0. The Morgan fingerprint density at radius 2 is 2.19 bits per heavy atom. The normalized spacial score (nSPS) is 28.0. The minimum Gasteiger partial charge on any atom is -0.387 e. The van der Waals surface area contributed by atoms with Crippen molar-refractivity contribution in [1.82, 2.24) is 4.90 Å². The van der Waals surface area contributed by atoms with Crippen LogP contribution in [0.1, 0.15) is 46.0 Å². The fourth-order valence-electron chi connectivity index (χ4n) is 2.71. The molecular weight excluding hydrogens is 198 g/mol. The Kier molecular flexibility index (Phi) is 5.26. The molecule has 0 radical (unpaired) electrons. The molecule has 0 saturated heterocycles.